The van der Waals surface area contributed by atoms with Gasteiger partial charge in [-0.2, -0.15) is 0 Å². The molecule has 1 saturated carbocycles. The van der Waals surface area contributed by atoms with Gasteiger partial charge in [0.25, 0.3) is 0 Å². The number of amides is 3. The fourth-order valence-corrected chi connectivity index (χ4v) is 3.40. The molecular weight excluding hydrogens is 278 g/mol. The van der Waals surface area contributed by atoms with Crippen LogP contribution in [-0.2, 0) is 4.79 Å². The molecule has 3 amide bonds. The van der Waals surface area contributed by atoms with Gasteiger partial charge in [-0.1, -0.05) is 33.1 Å². The first-order chi connectivity index (χ1) is 10.5. The number of piperidine rings is 1. The van der Waals surface area contributed by atoms with Gasteiger partial charge in [-0.3, -0.25) is 4.79 Å². The zero-order valence-corrected chi connectivity index (χ0v) is 14.1. The zero-order chi connectivity index (χ0) is 15.9. The van der Waals surface area contributed by atoms with Crippen molar-refractivity contribution in [3.05, 3.63) is 0 Å². The third-order valence-electron chi connectivity index (χ3n) is 4.67. The van der Waals surface area contributed by atoms with Crippen molar-refractivity contribution in [3.63, 3.8) is 0 Å². The van der Waals surface area contributed by atoms with Crippen molar-refractivity contribution >= 4 is 11.9 Å². The van der Waals surface area contributed by atoms with E-state index >= 15 is 0 Å². The van der Waals surface area contributed by atoms with Gasteiger partial charge in [0, 0.05) is 31.6 Å². The zero-order valence-electron chi connectivity index (χ0n) is 14.1. The van der Waals surface area contributed by atoms with E-state index in [1.165, 1.54) is 19.3 Å². The molecule has 0 aromatic heterocycles. The van der Waals surface area contributed by atoms with Crippen LogP contribution in [0.3, 0.4) is 0 Å². The minimum Gasteiger partial charge on any atom is -0.353 e. The summed E-state index contributed by atoms with van der Waals surface area (Å²) >= 11 is 0. The summed E-state index contributed by atoms with van der Waals surface area (Å²) in [4.78, 5) is 26.0. The normalized spacial score (nSPS) is 21.0. The number of carbonyl (C=O) groups excluding carboxylic acids is 2. The second-order valence-electron chi connectivity index (χ2n) is 7.21. The molecule has 5 nitrogen and oxygen atoms in total. The first-order valence-electron chi connectivity index (χ1n) is 8.89. The van der Waals surface area contributed by atoms with Crippen LogP contribution in [0.25, 0.3) is 0 Å². The number of hydrogen-bond acceptors (Lipinski definition) is 2. The Morgan fingerprint density at radius 2 is 1.55 bits per heavy atom. The van der Waals surface area contributed by atoms with Crippen molar-refractivity contribution in [3.8, 4) is 0 Å². The molecule has 0 radical (unpaired) electrons. The molecular formula is C17H31N3O2. The van der Waals surface area contributed by atoms with E-state index in [1.807, 2.05) is 4.90 Å². The molecule has 0 unspecified atom stereocenters. The molecule has 1 aliphatic heterocycles. The molecule has 0 spiro atoms. The second kappa shape index (κ2) is 8.39. The molecule has 2 fully saturated rings. The highest BCUT2D eigenvalue weighted by Crippen LogP contribution is 2.18. The molecule has 2 N–H and O–H groups in total. The van der Waals surface area contributed by atoms with Crippen LogP contribution >= 0.6 is 0 Å². The molecule has 5 heteroatoms. The third kappa shape index (κ3) is 5.50. The Hall–Kier alpha value is -1.26. The van der Waals surface area contributed by atoms with Gasteiger partial charge < -0.3 is 15.5 Å². The Morgan fingerprint density at radius 3 is 2.14 bits per heavy atom. The molecule has 1 saturated heterocycles. The minimum absolute atomic E-state index is 0.0823. The highest BCUT2D eigenvalue weighted by Gasteiger charge is 2.25. The van der Waals surface area contributed by atoms with E-state index in [9.17, 15) is 9.59 Å². The number of nitrogens with zero attached hydrogens (tertiary/aromatic N) is 1. The number of carbonyl (C=O) groups is 2. The average molecular weight is 309 g/mol. The maximum Gasteiger partial charge on any atom is 0.317 e. The highest BCUT2D eigenvalue weighted by atomic mass is 16.2. The summed E-state index contributed by atoms with van der Waals surface area (Å²) in [7, 11) is 0. The van der Waals surface area contributed by atoms with Gasteiger partial charge in [-0.05, 0) is 31.6 Å². The van der Waals surface area contributed by atoms with E-state index in [-0.39, 0.29) is 18.0 Å². The summed E-state index contributed by atoms with van der Waals surface area (Å²) in [6.07, 6.45) is 8.31. The number of likely N-dealkylation sites (tertiary alicyclic amines) is 1. The highest BCUT2D eigenvalue weighted by molar-refractivity contribution is 5.77. The number of urea groups is 1. The van der Waals surface area contributed by atoms with E-state index in [1.54, 1.807) is 0 Å². The molecule has 0 atom stereocenters. The molecule has 0 bridgehead atoms. The largest absolute Gasteiger partial charge is 0.353 e. The lowest BCUT2D eigenvalue weighted by Gasteiger charge is -2.34. The number of hydrogen-bond donors (Lipinski definition) is 2. The molecule has 2 aliphatic rings. The fourth-order valence-electron chi connectivity index (χ4n) is 3.40. The van der Waals surface area contributed by atoms with Gasteiger partial charge in [0.05, 0.1) is 0 Å². The van der Waals surface area contributed by atoms with Crippen molar-refractivity contribution in [1.29, 1.82) is 0 Å². The lowest BCUT2D eigenvalue weighted by molar-refractivity contribution is -0.122. The van der Waals surface area contributed by atoms with E-state index in [0.717, 1.165) is 38.8 Å². The van der Waals surface area contributed by atoms with E-state index in [0.29, 0.717) is 18.4 Å². The van der Waals surface area contributed by atoms with Gasteiger partial charge in [0.2, 0.25) is 5.91 Å². The Kier molecular flexibility index (Phi) is 6.52. The second-order valence-corrected chi connectivity index (χ2v) is 7.21. The van der Waals surface area contributed by atoms with Crippen molar-refractivity contribution in [2.45, 2.75) is 77.3 Å². The van der Waals surface area contributed by atoms with Gasteiger partial charge in [-0.25, -0.2) is 4.79 Å². The smallest absolute Gasteiger partial charge is 0.317 e. The van der Waals surface area contributed by atoms with Crippen LogP contribution in [0.1, 0.15) is 65.2 Å². The summed E-state index contributed by atoms with van der Waals surface area (Å²) in [5.41, 5.74) is 0. The summed E-state index contributed by atoms with van der Waals surface area (Å²) < 4.78 is 0. The average Bonchev–Trinajstić information content (AvgIpc) is 2.48. The summed E-state index contributed by atoms with van der Waals surface area (Å²) in [6, 6.07) is 0.675. The van der Waals surface area contributed by atoms with Gasteiger partial charge in [0.15, 0.2) is 0 Å². The van der Waals surface area contributed by atoms with Crippen molar-refractivity contribution in [2.24, 2.45) is 5.92 Å². The van der Waals surface area contributed by atoms with Crippen molar-refractivity contribution < 1.29 is 9.59 Å². The molecule has 22 heavy (non-hydrogen) atoms. The Labute approximate surface area is 134 Å². The van der Waals surface area contributed by atoms with E-state index in [2.05, 4.69) is 24.5 Å². The van der Waals surface area contributed by atoms with Crippen LogP contribution in [0.4, 0.5) is 4.79 Å². The van der Waals surface area contributed by atoms with Crippen LogP contribution in [-0.4, -0.2) is 42.0 Å². The summed E-state index contributed by atoms with van der Waals surface area (Å²) in [6.45, 7) is 5.59. The quantitative estimate of drug-likeness (QED) is 0.838. The SMILES string of the molecule is CC(C)CC(=O)NC1CCN(C(=O)NC2CCCCC2)CC1. The standard InChI is InChI=1S/C17H31N3O2/c1-13(2)12-16(21)18-15-8-10-20(11-9-15)17(22)19-14-6-4-3-5-7-14/h13-15H,3-12H2,1-2H3,(H,18,21)(H,19,22). The van der Waals surface area contributed by atoms with Crippen LogP contribution in [0.15, 0.2) is 0 Å². The predicted molar refractivity (Wildman–Crippen MR) is 87.6 cm³/mol. The van der Waals surface area contributed by atoms with E-state index < -0.39 is 0 Å². The van der Waals surface area contributed by atoms with Gasteiger partial charge in [-0.15, -0.1) is 0 Å². The summed E-state index contributed by atoms with van der Waals surface area (Å²) in [5.74, 6) is 0.529. The lowest BCUT2D eigenvalue weighted by Crippen LogP contribution is -2.51. The first-order valence-corrected chi connectivity index (χ1v) is 8.89. The van der Waals surface area contributed by atoms with E-state index in [4.69, 9.17) is 0 Å². The van der Waals surface area contributed by atoms with Gasteiger partial charge in [0.1, 0.15) is 0 Å². The maximum absolute atomic E-state index is 12.3. The fraction of sp³-hybridized carbons (Fsp3) is 0.882. The number of rotatable bonds is 4. The molecule has 1 aliphatic carbocycles. The lowest BCUT2D eigenvalue weighted by atomic mass is 9.95. The molecule has 0 aromatic rings. The van der Waals surface area contributed by atoms with Crippen LogP contribution in [0.5, 0.6) is 0 Å². The molecule has 2 rings (SSSR count). The monoisotopic (exact) mass is 309 g/mol. The first kappa shape index (κ1) is 17.1. The number of nitrogens with one attached hydrogen (secondary N) is 2. The van der Waals surface area contributed by atoms with Gasteiger partial charge >= 0.3 is 6.03 Å². The molecule has 126 valence electrons. The van der Waals surface area contributed by atoms with Crippen LogP contribution in [0, 0.1) is 5.92 Å². The maximum atomic E-state index is 12.3. The van der Waals surface area contributed by atoms with Crippen LogP contribution < -0.4 is 10.6 Å². The molecule has 1 heterocycles. The third-order valence-corrected chi connectivity index (χ3v) is 4.67. The summed E-state index contributed by atoms with van der Waals surface area (Å²) in [5, 5.41) is 6.26. The molecule has 0 aromatic carbocycles. The van der Waals surface area contributed by atoms with Crippen molar-refractivity contribution in [2.75, 3.05) is 13.1 Å². The minimum atomic E-state index is 0.0823. The predicted octanol–water partition coefficient (Wildman–Crippen LogP) is 2.66. The Morgan fingerprint density at radius 1 is 0.955 bits per heavy atom. The van der Waals surface area contributed by atoms with Crippen molar-refractivity contribution in [1.82, 2.24) is 15.5 Å². The van der Waals surface area contributed by atoms with Crippen LogP contribution in [0.2, 0.25) is 0 Å². The Balaban J connectivity index is 1.67. The Bertz CT molecular complexity index is 370. The topological polar surface area (TPSA) is 61.4 Å².